The largest absolute Gasteiger partial charge is 0.320 e. The third kappa shape index (κ3) is 3.79. The summed E-state index contributed by atoms with van der Waals surface area (Å²) in [6, 6.07) is 5.70. The molecule has 1 amide bonds. The number of hydrogen-bond donors (Lipinski definition) is 2. The monoisotopic (exact) mass is 311 g/mol. The Morgan fingerprint density at radius 2 is 2.10 bits per heavy atom. The summed E-state index contributed by atoms with van der Waals surface area (Å²) >= 11 is 1.40. The van der Waals surface area contributed by atoms with Crippen molar-refractivity contribution >= 4 is 34.8 Å². The van der Waals surface area contributed by atoms with Crippen molar-refractivity contribution in [2.45, 2.75) is 26.8 Å². The van der Waals surface area contributed by atoms with Crippen LogP contribution in [-0.2, 0) is 4.79 Å². The van der Waals surface area contributed by atoms with Gasteiger partial charge in [-0.05, 0) is 26.3 Å². The van der Waals surface area contributed by atoms with Crippen molar-refractivity contribution in [3.05, 3.63) is 34.7 Å². The number of aryl methyl sites for hydroxylation is 2. The summed E-state index contributed by atoms with van der Waals surface area (Å²) in [6.45, 7) is 5.77. The summed E-state index contributed by atoms with van der Waals surface area (Å²) in [5.41, 5.74) is 9.87. The van der Waals surface area contributed by atoms with Gasteiger partial charge in [-0.15, -0.1) is 23.7 Å². The fraction of sp³-hybridized carbons (Fsp3) is 0.286. The van der Waals surface area contributed by atoms with E-state index >= 15 is 0 Å². The average molecular weight is 312 g/mol. The molecule has 20 heavy (non-hydrogen) atoms. The van der Waals surface area contributed by atoms with Crippen LogP contribution in [0.15, 0.2) is 23.6 Å². The van der Waals surface area contributed by atoms with E-state index in [0.717, 1.165) is 11.3 Å². The fourth-order valence-electron chi connectivity index (χ4n) is 1.78. The van der Waals surface area contributed by atoms with Crippen LogP contribution in [0.4, 0.5) is 5.13 Å². The molecule has 4 nitrogen and oxygen atoms in total. The van der Waals surface area contributed by atoms with Crippen LogP contribution >= 0.6 is 23.7 Å². The second kappa shape index (κ2) is 6.83. The van der Waals surface area contributed by atoms with Crippen LogP contribution in [0.5, 0.6) is 0 Å². The van der Waals surface area contributed by atoms with Gasteiger partial charge in [-0.25, -0.2) is 4.98 Å². The molecule has 0 aliphatic rings. The van der Waals surface area contributed by atoms with E-state index in [1.165, 1.54) is 22.5 Å². The van der Waals surface area contributed by atoms with E-state index in [0.29, 0.717) is 5.13 Å². The Bertz CT molecular complexity index is 610. The van der Waals surface area contributed by atoms with Gasteiger partial charge in [-0.2, -0.15) is 0 Å². The predicted molar refractivity (Wildman–Crippen MR) is 86.6 cm³/mol. The number of hydrogen-bond acceptors (Lipinski definition) is 4. The lowest BCUT2D eigenvalue weighted by Gasteiger charge is -2.05. The van der Waals surface area contributed by atoms with Crippen LogP contribution in [0.1, 0.15) is 18.1 Å². The smallest absolute Gasteiger partial charge is 0.242 e. The van der Waals surface area contributed by atoms with Crippen molar-refractivity contribution in [3.8, 4) is 11.3 Å². The highest BCUT2D eigenvalue weighted by Gasteiger charge is 2.11. The van der Waals surface area contributed by atoms with Gasteiger partial charge >= 0.3 is 0 Å². The fourth-order valence-corrected chi connectivity index (χ4v) is 2.49. The molecule has 0 fully saturated rings. The zero-order chi connectivity index (χ0) is 14.0. The number of nitrogens with two attached hydrogens (primary N) is 1. The van der Waals surface area contributed by atoms with Gasteiger partial charge in [0.25, 0.3) is 0 Å². The van der Waals surface area contributed by atoms with E-state index in [1.54, 1.807) is 6.92 Å². The summed E-state index contributed by atoms with van der Waals surface area (Å²) in [7, 11) is 0. The van der Waals surface area contributed by atoms with Crippen molar-refractivity contribution < 1.29 is 4.79 Å². The van der Waals surface area contributed by atoms with E-state index in [1.807, 2.05) is 5.38 Å². The summed E-state index contributed by atoms with van der Waals surface area (Å²) < 4.78 is 0. The number of carbonyl (C=O) groups is 1. The van der Waals surface area contributed by atoms with Crippen molar-refractivity contribution in [2.24, 2.45) is 5.73 Å². The van der Waals surface area contributed by atoms with E-state index in [9.17, 15) is 4.79 Å². The topological polar surface area (TPSA) is 68.0 Å². The minimum atomic E-state index is -0.534. The zero-order valence-corrected chi connectivity index (χ0v) is 13.3. The maximum absolute atomic E-state index is 11.5. The van der Waals surface area contributed by atoms with Crippen molar-refractivity contribution in [1.29, 1.82) is 0 Å². The molecule has 0 radical (unpaired) electrons. The maximum Gasteiger partial charge on any atom is 0.242 e. The minimum absolute atomic E-state index is 0. The first-order valence-corrected chi connectivity index (χ1v) is 6.95. The number of amides is 1. The van der Waals surface area contributed by atoms with Crippen LogP contribution in [0, 0.1) is 13.8 Å². The van der Waals surface area contributed by atoms with Crippen LogP contribution < -0.4 is 11.1 Å². The Morgan fingerprint density at radius 1 is 1.40 bits per heavy atom. The number of rotatable bonds is 3. The number of anilines is 1. The molecule has 0 bridgehead atoms. The van der Waals surface area contributed by atoms with Crippen molar-refractivity contribution in [3.63, 3.8) is 0 Å². The van der Waals surface area contributed by atoms with Crippen LogP contribution in [0.2, 0.25) is 0 Å². The number of aromatic nitrogens is 1. The first-order chi connectivity index (χ1) is 8.97. The molecular weight excluding hydrogens is 294 g/mol. The molecule has 2 rings (SSSR count). The lowest BCUT2D eigenvalue weighted by atomic mass is 10.0. The van der Waals surface area contributed by atoms with Crippen LogP contribution in [0.25, 0.3) is 11.3 Å². The Kier molecular flexibility index (Phi) is 5.68. The number of nitrogens with one attached hydrogen (secondary N) is 1. The lowest BCUT2D eigenvalue weighted by Crippen LogP contribution is -2.32. The highest BCUT2D eigenvalue weighted by Crippen LogP contribution is 2.27. The SMILES string of the molecule is Cc1ccc(-c2csc(NC(=O)[C@H](C)N)n2)c(C)c1.Cl. The van der Waals surface area contributed by atoms with Gasteiger partial charge in [0.15, 0.2) is 5.13 Å². The molecule has 108 valence electrons. The first kappa shape index (κ1) is 16.6. The summed E-state index contributed by atoms with van der Waals surface area (Å²) in [5.74, 6) is -0.221. The molecule has 2 aromatic rings. The molecule has 1 aromatic carbocycles. The lowest BCUT2D eigenvalue weighted by molar-refractivity contribution is -0.117. The molecular formula is C14H18ClN3OS. The van der Waals surface area contributed by atoms with Crippen molar-refractivity contribution in [1.82, 2.24) is 4.98 Å². The number of benzene rings is 1. The highest BCUT2D eigenvalue weighted by molar-refractivity contribution is 7.14. The molecule has 0 spiro atoms. The first-order valence-electron chi connectivity index (χ1n) is 6.07. The molecule has 6 heteroatoms. The highest BCUT2D eigenvalue weighted by atomic mass is 35.5. The standard InChI is InChI=1S/C14H17N3OS.ClH/c1-8-4-5-11(9(2)6-8)12-7-19-14(16-12)17-13(18)10(3)15;/h4-7,10H,15H2,1-3H3,(H,16,17,18);1H/t10-;/m0./s1. The molecule has 3 N–H and O–H groups in total. The maximum atomic E-state index is 11.5. The van der Waals surface area contributed by atoms with E-state index in [4.69, 9.17) is 5.73 Å². The molecule has 0 aliphatic heterocycles. The average Bonchev–Trinajstić information content (AvgIpc) is 2.77. The Morgan fingerprint density at radius 3 is 2.70 bits per heavy atom. The molecule has 1 aromatic heterocycles. The Balaban J connectivity index is 0.00000200. The van der Waals surface area contributed by atoms with Crippen LogP contribution in [0.3, 0.4) is 0 Å². The van der Waals surface area contributed by atoms with Gasteiger partial charge in [0.1, 0.15) is 0 Å². The minimum Gasteiger partial charge on any atom is -0.320 e. The third-order valence-corrected chi connectivity index (χ3v) is 3.56. The summed E-state index contributed by atoms with van der Waals surface area (Å²) in [6.07, 6.45) is 0. The van der Waals surface area contributed by atoms with Gasteiger partial charge in [-0.3, -0.25) is 4.79 Å². The second-order valence-corrected chi connectivity index (χ2v) is 5.49. The number of nitrogens with zero attached hydrogens (tertiary/aromatic N) is 1. The van der Waals surface area contributed by atoms with Gasteiger partial charge in [-0.1, -0.05) is 23.8 Å². The number of halogens is 1. The van der Waals surface area contributed by atoms with E-state index < -0.39 is 6.04 Å². The predicted octanol–water partition coefficient (Wildman–Crippen LogP) is 3.13. The van der Waals surface area contributed by atoms with Crippen LogP contribution in [-0.4, -0.2) is 16.9 Å². The number of thiazole rings is 1. The van der Waals surface area contributed by atoms with Gasteiger partial charge in [0.2, 0.25) is 5.91 Å². The normalized spacial score (nSPS) is 11.6. The number of carbonyl (C=O) groups excluding carboxylic acids is 1. The third-order valence-electron chi connectivity index (χ3n) is 2.81. The zero-order valence-electron chi connectivity index (χ0n) is 11.6. The molecule has 1 heterocycles. The summed E-state index contributed by atoms with van der Waals surface area (Å²) in [4.78, 5) is 15.9. The Labute approximate surface area is 128 Å². The molecule has 1 atom stereocenters. The van der Waals surface area contributed by atoms with Crippen molar-refractivity contribution in [2.75, 3.05) is 5.32 Å². The van der Waals surface area contributed by atoms with E-state index in [-0.39, 0.29) is 18.3 Å². The summed E-state index contributed by atoms with van der Waals surface area (Å²) in [5, 5.41) is 5.23. The van der Waals surface area contributed by atoms with Gasteiger partial charge in [0.05, 0.1) is 11.7 Å². The quantitative estimate of drug-likeness (QED) is 0.915. The van der Waals surface area contributed by atoms with E-state index in [2.05, 4.69) is 42.3 Å². The molecule has 0 aliphatic carbocycles. The Hall–Kier alpha value is -1.43. The molecule has 0 unspecified atom stereocenters. The molecule has 0 saturated heterocycles. The molecule has 0 saturated carbocycles. The van der Waals surface area contributed by atoms with Gasteiger partial charge < -0.3 is 11.1 Å². The van der Waals surface area contributed by atoms with Gasteiger partial charge in [0, 0.05) is 10.9 Å². The second-order valence-electron chi connectivity index (χ2n) is 4.63.